The van der Waals surface area contributed by atoms with Gasteiger partial charge in [0.25, 0.3) is 0 Å². The largest absolute Gasteiger partial charge is 0.468 e. The van der Waals surface area contributed by atoms with Crippen LogP contribution in [0.5, 0.6) is 0 Å². The van der Waals surface area contributed by atoms with Gasteiger partial charge in [-0.2, -0.15) is 0 Å². The first-order chi connectivity index (χ1) is 11.8. The predicted molar refractivity (Wildman–Crippen MR) is 97.2 cm³/mol. The lowest BCUT2D eigenvalue weighted by Crippen LogP contribution is -2.27. The number of hydrogen-bond acceptors (Lipinski definition) is 4. The highest BCUT2D eigenvalue weighted by Crippen LogP contribution is 2.24. The second-order valence-corrected chi connectivity index (χ2v) is 6.63. The highest BCUT2D eigenvalue weighted by atomic mass is 16.3. The molecule has 0 aliphatic carbocycles. The van der Waals surface area contributed by atoms with Gasteiger partial charge >= 0.3 is 0 Å². The van der Waals surface area contributed by atoms with Crippen LogP contribution in [-0.2, 0) is 0 Å². The molecule has 0 spiro atoms. The van der Waals surface area contributed by atoms with Crippen molar-refractivity contribution >= 4 is 5.69 Å². The van der Waals surface area contributed by atoms with E-state index in [1.54, 1.807) is 6.26 Å². The third kappa shape index (κ3) is 4.19. The van der Waals surface area contributed by atoms with Crippen LogP contribution in [0.3, 0.4) is 0 Å². The molecule has 4 nitrogen and oxygen atoms in total. The molecule has 2 N–H and O–H groups in total. The third-order valence-electron chi connectivity index (χ3n) is 4.88. The molecule has 1 aromatic heterocycles. The first-order valence-electron chi connectivity index (χ1n) is 9.03. The third-order valence-corrected chi connectivity index (χ3v) is 4.88. The first kappa shape index (κ1) is 17.1. The van der Waals surface area contributed by atoms with E-state index in [0.717, 1.165) is 18.8 Å². The van der Waals surface area contributed by atoms with Crippen LogP contribution >= 0.6 is 0 Å². The maximum atomic E-state index is 9.61. The van der Waals surface area contributed by atoms with Crippen molar-refractivity contribution in [2.45, 2.75) is 44.7 Å². The monoisotopic (exact) mass is 328 g/mol. The second kappa shape index (κ2) is 8.36. The normalized spacial score (nSPS) is 18.2. The minimum atomic E-state index is -0.180. The van der Waals surface area contributed by atoms with Gasteiger partial charge in [0.15, 0.2) is 0 Å². The van der Waals surface area contributed by atoms with Crippen molar-refractivity contribution in [1.29, 1.82) is 0 Å². The molecule has 1 saturated heterocycles. The number of aliphatic hydroxyl groups is 1. The Hall–Kier alpha value is -1.78. The number of nitrogens with zero attached hydrogens (tertiary/aromatic N) is 1. The molecular formula is C20H28N2O2. The Morgan fingerprint density at radius 1 is 1.08 bits per heavy atom. The van der Waals surface area contributed by atoms with Gasteiger partial charge in [-0.05, 0) is 49.6 Å². The molecule has 1 aliphatic heterocycles. The Labute approximate surface area is 144 Å². The maximum absolute atomic E-state index is 9.61. The van der Waals surface area contributed by atoms with E-state index in [1.807, 2.05) is 12.1 Å². The van der Waals surface area contributed by atoms with Crippen LogP contribution in [0.2, 0.25) is 0 Å². The molecule has 1 aliphatic rings. The van der Waals surface area contributed by atoms with Crippen LogP contribution in [0.4, 0.5) is 5.69 Å². The summed E-state index contributed by atoms with van der Waals surface area (Å²) in [5.74, 6) is 0.769. The molecular weight excluding hydrogens is 300 g/mol. The first-order valence-corrected chi connectivity index (χ1v) is 9.03. The van der Waals surface area contributed by atoms with Crippen molar-refractivity contribution in [3.8, 4) is 0 Å². The van der Waals surface area contributed by atoms with E-state index in [4.69, 9.17) is 4.42 Å². The van der Waals surface area contributed by atoms with Crippen LogP contribution in [0.25, 0.3) is 0 Å². The topological polar surface area (TPSA) is 48.6 Å². The Bertz CT molecular complexity index is 587. The van der Waals surface area contributed by atoms with Crippen LogP contribution < -0.4 is 10.2 Å². The predicted octanol–water partition coefficient (Wildman–Crippen LogP) is 4.04. The Morgan fingerprint density at radius 3 is 2.38 bits per heavy atom. The summed E-state index contributed by atoms with van der Waals surface area (Å²) in [5, 5.41) is 13.0. The minimum Gasteiger partial charge on any atom is -0.468 e. The standard InChI is InChI=1S/C20H28N2O2/c1-16(21-19(15-23)20-7-6-14-24-20)17-8-10-18(11-9-17)22-12-4-2-3-5-13-22/h6-11,14,16,19,21,23H,2-5,12-13,15H2,1H3. The summed E-state index contributed by atoms with van der Waals surface area (Å²) in [5.41, 5.74) is 2.54. The zero-order valence-electron chi connectivity index (χ0n) is 14.4. The molecule has 2 heterocycles. The number of hydrogen-bond donors (Lipinski definition) is 2. The van der Waals surface area contributed by atoms with Gasteiger partial charge in [0, 0.05) is 24.8 Å². The lowest BCUT2D eigenvalue weighted by atomic mass is 10.1. The highest BCUT2D eigenvalue weighted by molar-refractivity contribution is 5.48. The molecule has 0 amide bonds. The Balaban J connectivity index is 1.63. The number of anilines is 1. The van der Waals surface area contributed by atoms with E-state index in [0.29, 0.717) is 0 Å². The van der Waals surface area contributed by atoms with E-state index in [2.05, 4.69) is 41.4 Å². The van der Waals surface area contributed by atoms with Gasteiger partial charge in [-0.15, -0.1) is 0 Å². The Kier molecular flexibility index (Phi) is 5.94. The molecule has 3 rings (SSSR count). The molecule has 0 bridgehead atoms. The van der Waals surface area contributed by atoms with Gasteiger partial charge < -0.3 is 14.4 Å². The zero-order valence-corrected chi connectivity index (χ0v) is 14.4. The molecule has 0 radical (unpaired) electrons. The molecule has 4 heteroatoms. The molecule has 2 unspecified atom stereocenters. The average molecular weight is 328 g/mol. The summed E-state index contributed by atoms with van der Waals surface area (Å²) < 4.78 is 5.40. The zero-order chi connectivity index (χ0) is 16.8. The minimum absolute atomic E-state index is 0.0176. The fraction of sp³-hybridized carbons (Fsp3) is 0.500. The van der Waals surface area contributed by atoms with Gasteiger partial charge in [-0.25, -0.2) is 0 Å². The molecule has 2 aromatic rings. The smallest absolute Gasteiger partial charge is 0.123 e. The quantitative estimate of drug-likeness (QED) is 0.840. The highest BCUT2D eigenvalue weighted by Gasteiger charge is 2.17. The Morgan fingerprint density at radius 2 is 1.79 bits per heavy atom. The molecule has 1 fully saturated rings. The van der Waals surface area contributed by atoms with Gasteiger partial charge in [0.1, 0.15) is 5.76 Å². The summed E-state index contributed by atoms with van der Waals surface area (Å²) in [7, 11) is 0. The lowest BCUT2D eigenvalue weighted by Gasteiger charge is -2.24. The summed E-state index contributed by atoms with van der Waals surface area (Å²) in [6.45, 7) is 4.46. The second-order valence-electron chi connectivity index (χ2n) is 6.63. The fourth-order valence-electron chi connectivity index (χ4n) is 3.42. The van der Waals surface area contributed by atoms with E-state index >= 15 is 0 Å². The molecule has 24 heavy (non-hydrogen) atoms. The summed E-state index contributed by atoms with van der Waals surface area (Å²) in [6.07, 6.45) is 6.93. The van der Waals surface area contributed by atoms with Crippen molar-refractivity contribution in [3.05, 3.63) is 54.0 Å². The SMILES string of the molecule is CC(NC(CO)c1ccco1)c1ccc(N2CCCCCC2)cc1. The van der Waals surface area contributed by atoms with Gasteiger partial charge in [0.2, 0.25) is 0 Å². The summed E-state index contributed by atoms with van der Waals surface area (Å²) >= 11 is 0. The maximum Gasteiger partial charge on any atom is 0.123 e. The van der Waals surface area contributed by atoms with Crippen molar-refractivity contribution in [1.82, 2.24) is 5.32 Å². The van der Waals surface area contributed by atoms with E-state index < -0.39 is 0 Å². The lowest BCUT2D eigenvalue weighted by molar-refractivity contribution is 0.217. The van der Waals surface area contributed by atoms with Crippen molar-refractivity contribution in [2.75, 3.05) is 24.6 Å². The summed E-state index contributed by atoms with van der Waals surface area (Å²) in [4.78, 5) is 2.49. The average Bonchev–Trinajstić information content (AvgIpc) is 3.01. The van der Waals surface area contributed by atoms with Crippen molar-refractivity contribution in [2.24, 2.45) is 0 Å². The van der Waals surface area contributed by atoms with Gasteiger partial charge in [-0.1, -0.05) is 25.0 Å². The van der Waals surface area contributed by atoms with Crippen LogP contribution in [0, 0.1) is 0 Å². The number of nitrogens with one attached hydrogen (secondary N) is 1. The molecule has 1 aromatic carbocycles. The van der Waals surface area contributed by atoms with Crippen molar-refractivity contribution in [3.63, 3.8) is 0 Å². The van der Waals surface area contributed by atoms with Crippen LogP contribution in [0.15, 0.2) is 47.1 Å². The van der Waals surface area contributed by atoms with Crippen LogP contribution in [0.1, 0.15) is 56.0 Å². The van der Waals surface area contributed by atoms with E-state index in [9.17, 15) is 5.11 Å². The fourth-order valence-corrected chi connectivity index (χ4v) is 3.42. The van der Waals surface area contributed by atoms with Gasteiger partial charge in [0.05, 0.1) is 18.9 Å². The molecule has 130 valence electrons. The number of rotatable bonds is 6. The van der Waals surface area contributed by atoms with Crippen molar-refractivity contribution < 1.29 is 9.52 Å². The van der Waals surface area contributed by atoms with Gasteiger partial charge in [-0.3, -0.25) is 5.32 Å². The van der Waals surface area contributed by atoms with E-state index in [1.165, 1.54) is 36.9 Å². The summed E-state index contributed by atoms with van der Waals surface area (Å²) in [6, 6.07) is 12.5. The molecule has 0 saturated carbocycles. The molecule has 2 atom stereocenters. The van der Waals surface area contributed by atoms with Crippen LogP contribution in [-0.4, -0.2) is 24.8 Å². The number of aliphatic hydroxyl groups excluding tert-OH is 1. The van der Waals surface area contributed by atoms with E-state index in [-0.39, 0.29) is 18.7 Å². The number of furan rings is 1. The number of benzene rings is 1.